The zero-order valence-corrected chi connectivity index (χ0v) is 12.9. The zero-order chi connectivity index (χ0) is 14.7. The van der Waals surface area contributed by atoms with Crippen LogP contribution in [0.2, 0.25) is 0 Å². The van der Waals surface area contributed by atoms with Crippen molar-refractivity contribution in [3.8, 4) is 0 Å². The number of carboxylic acid groups (broad SMARTS) is 1. The summed E-state index contributed by atoms with van der Waals surface area (Å²) in [7, 11) is 0. The average molecular weight is 340 g/mol. The van der Waals surface area contributed by atoms with Crippen LogP contribution in [0.1, 0.15) is 37.8 Å². The third-order valence-corrected chi connectivity index (χ3v) is 4.61. The zero-order valence-electron chi connectivity index (χ0n) is 11.3. The first-order chi connectivity index (χ1) is 9.49. The molecule has 0 spiro atoms. The van der Waals surface area contributed by atoms with Crippen LogP contribution in [-0.2, 0) is 9.59 Å². The number of aliphatic carboxylic acids is 1. The number of carbonyl (C=O) groups is 2. The molecule has 0 heterocycles. The quantitative estimate of drug-likeness (QED) is 0.885. The molecule has 0 aromatic heterocycles. The van der Waals surface area contributed by atoms with Crippen molar-refractivity contribution in [3.05, 3.63) is 34.3 Å². The highest BCUT2D eigenvalue weighted by Crippen LogP contribution is 2.32. The van der Waals surface area contributed by atoms with Gasteiger partial charge in [-0.15, -0.1) is 0 Å². The molecule has 20 heavy (non-hydrogen) atoms. The molecule has 1 aliphatic rings. The molecule has 1 aromatic carbocycles. The van der Waals surface area contributed by atoms with Crippen LogP contribution in [0.25, 0.3) is 0 Å². The Balaban J connectivity index is 1.95. The third kappa shape index (κ3) is 3.39. The summed E-state index contributed by atoms with van der Waals surface area (Å²) >= 11 is 3.47. The topological polar surface area (TPSA) is 66.4 Å². The third-order valence-electron chi connectivity index (χ3n) is 3.88. The smallest absolute Gasteiger partial charge is 0.306 e. The number of nitrogens with one attached hydrogen (secondary N) is 1. The summed E-state index contributed by atoms with van der Waals surface area (Å²) in [6.45, 7) is 1.93. The van der Waals surface area contributed by atoms with Gasteiger partial charge in [0.25, 0.3) is 0 Å². The predicted molar refractivity (Wildman–Crippen MR) is 79.2 cm³/mol. The van der Waals surface area contributed by atoms with Gasteiger partial charge >= 0.3 is 5.97 Å². The van der Waals surface area contributed by atoms with Gasteiger partial charge in [0.05, 0.1) is 12.0 Å². The first kappa shape index (κ1) is 15.0. The maximum absolute atomic E-state index is 12.2. The first-order valence-corrected chi connectivity index (χ1v) is 7.56. The summed E-state index contributed by atoms with van der Waals surface area (Å²) in [5.41, 5.74) is 1.02. The van der Waals surface area contributed by atoms with Crippen molar-refractivity contribution < 1.29 is 14.7 Å². The summed E-state index contributed by atoms with van der Waals surface area (Å²) < 4.78 is 0.961. The van der Waals surface area contributed by atoms with E-state index in [2.05, 4.69) is 21.2 Å². The lowest BCUT2D eigenvalue weighted by molar-refractivity contribution is -0.141. The fourth-order valence-corrected chi connectivity index (χ4v) is 3.31. The van der Waals surface area contributed by atoms with Gasteiger partial charge in [0.1, 0.15) is 0 Å². The molecule has 1 aromatic rings. The molecule has 0 radical (unpaired) electrons. The van der Waals surface area contributed by atoms with Crippen LogP contribution in [0, 0.1) is 11.8 Å². The SMILES string of the molecule is CC(NC(=O)C1CCC(C(=O)O)C1)c1ccccc1Br. The highest BCUT2D eigenvalue weighted by molar-refractivity contribution is 9.10. The van der Waals surface area contributed by atoms with E-state index in [-0.39, 0.29) is 23.8 Å². The summed E-state index contributed by atoms with van der Waals surface area (Å²) in [6, 6.07) is 7.66. The van der Waals surface area contributed by atoms with E-state index >= 15 is 0 Å². The second kappa shape index (κ2) is 6.39. The lowest BCUT2D eigenvalue weighted by atomic mass is 10.0. The van der Waals surface area contributed by atoms with E-state index in [1.807, 2.05) is 31.2 Å². The molecule has 2 rings (SSSR count). The summed E-state index contributed by atoms with van der Waals surface area (Å²) in [6.07, 6.45) is 1.70. The van der Waals surface area contributed by atoms with Crippen LogP contribution in [-0.4, -0.2) is 17.0 Å². The molecule has 0 bridgehead atoms. The van der Waals surface area contributed by atoms with Gasteiger partial charge in [0, 0.05) is 10.4 Å². The summed E-state index contributed by atoms with van der Waals surface area (Å²) in [5, 5.41) is 11.9. The van der Waals surface area contributed by atoms with E-state index in [9.17, 15) is 9.59 Å². The number of carboxylic acids is 1. The Kier molecular flexibility index (Phi) is 4.81. The molecule has 1 aliphatic carbocycles. The second-order valence-electron chi connectivity index (χ2n) is 5.30. The Morgan fingerprint density at radius 1 is 1.30 bits per heavy atom. The van der Waals surface area contributed by atoms with E-state index in [0.717, 1.165) is 10.0 Å². The Labute approximate surface area is 126 Å². The van der Waals surface area contributed by atoms with Gasteiger partial charge in [0.15, 0.2) is 0 Å². The molecule has 3 atom stereocenters. The lowest BCUT2D eigenvalue weighted by Gasteiger charge is -2.18. The van der Waals surface area contributed by atoms with Crippen molar-refractivity contribution in [2.24, 2.45) is 11.8 Å². The fraction of sp³-hybridized carbons (Fsp3) is 0.467. The van der Waals surface area contributed by atoms with Crippen LogP contribution in [0.15, 0.2) is 28.7 Å². The van der Waals surface area contributed by atoms with Crippen molar-refractivity contribution in [1.82, 2.24) is 5.32 Å². The average Bonchev–Trinajstić information content (AvgIpc) is 2.88. The minimum absolute atomic E-state index is 0.0444. The largest absolute Gasteiger partial charge is 0.481 e. The number of amides is 1. The van der Waals surface area contributed by atoms with Crippen LogP contribution < -0.4 is 5.32 Å². The molecule has 0 aliphatic heterocycles. The van der Waals surface area contributed by atoms with Crippen LogP contribution in [0.5, 0.6) is 0 Å². The number of rotatable bonds is 4. The molecular formula is C15H18BrNO3. The van der Waals surface area contributed by atoms with E-state index in [1.165, 1.54) is 0 Å². The van der Waals surface area contributed by atoms with Gasteiger partial charge in [-0.3, -0.25) is 9.59 Å². The molecule has 4 nitrogen and oxygen atoms in total. The summed E-state index contributed by atoms with van der Waals surface area (Å²) in [5.74, 6) is -1.39. The molecule has 1 fully saturated rings. The Hall–Kier alpha value is -1.36. The lowest BCUT2D eigenvalue weighted by Crippen LogP contribution is -2.32. The highest BCUT2D eigenvalue weighted by Gasteiger charge is 2.34. The second-order valence-corrected chi connectivity index (χ2v) is 6.15. The number of hydrogen-bond acceptors (Lipinski definition) is 2. The maximum Gasteiger partial charge on any atom is 0.306 e. The van der Waals surface area contributed by atoms with Gasteiger partial charge in [-0.2, -0.15) is 0 Å². The van der Waals surface area contributed by atoms with Gasteiger partial charge in [0.2, 0.25) is 5.91 Å². The molecular weight excluding hydrogens is 322 g/mol. The number of hydrogen-bond donors (Lipinski definition) is 2. The molecule has 5 heteroatoms. The van der Waals surface area contributed by atoms with Gasteiger partial charge in [-0.05, 0) is 37.8 Å². The molecule has 0 saturated heterocycles. The maximum atomic E-state index is 12.2. The fourth-order valence-electron chi connectivity index (χ4n) is 2.68. The van der Waals surface area contributed by atoms with Crippen molar-refractivity contribution in [1.29, 1.82) is 0 Å². The highest BCUT2D eigenvalue weighted by atomic mass is 79.9. The van der Waals surface area contributed by atoms with E-state index in [4.69, 9.17) is 5.11 Å². The Morgan fingerprint density at radius 3 is 2.55 bits per heavy atom. The van der Waals surface area contributed by atoms with Crippen molar-refractivity contribution in [2.45, 2.75) is 32.2 Å². The van der Waals surface area contributed by atoms with E-state index in [1.54, 1.807) is 0 Å². The van der Waals surface area contributed by atoms with Crippen LogP contribution >= 0.6 is 15.9 Å². The number of carbonyl (C=O) groups excluding carboxylic acids is 1. The van der Waals surface area contributed by atoms with Crippen LogP contribution in [0.4, 0.5) is 0 Å². The van der Waals surface area contributed by atoms with Crippen molar-refractivity contribution in [2.75, 3.05) is 0 Å². The standard InChI is InChI=1S/C15H18BrNO3/c1-9(12-4-2-3-5-13(12)16)17-14(18)10-6-7-11(8-10)15(19)20/h2-5,9-11H,6-8H2,1H3,(H,17,18)(H,19,20). The molecule has 108 valence electrons. The van der Waals surface area contributed by atoms with E-state index in [0.29, 0.717) is 19.3 Å². The van der Waals surface area contributed by atoms with Gasteiger partial charge in [-0.25, -0.2) is 0 Å². The monoisotopic (exact) mass is 339 g/mol. The first-order valence-electron chi connectivity index (χ1n) is 6.76. The normalized spacial score (nSPS) is 23.3. The van der Waals surface area contributed by atoms with Gasteiger partial charge in [-0.1, -0.05) is 34.1 Å². The Bertz CT molecular complexity index is 518. The van der Waals surface area contributed by atoms with Gasteiger partial charge < -0.3 is 10.4 Å². The molecule has 1 saturated carbocycles. The molecule has 1 amide bonds. The van der Waals surface area contributed by atoms with Crippen molar-refractivity contribution in [3.63, 3.8) is 0 Å². The number of halogens is 1. The molecule has 2 N–H and O–H groups in total. The van der Waals surface area contributed by atoms with E-state index < -0.39 is 5.97 Å². The minimum atomic E-state index is -0.792. The van der Waals surface area contributed by atoms with Crippen LogP contribution in [0.3, 0.4) is 0 Å². The summed E-state index contributed by atoms with van der Waals surface area (Å²) in [4.78, 5) is 23.1. The predicted octanol–water partition coefficient (Wildman–Crippen LogP) is 3.13. The number of benzene rings is 1. The minimum Gasteiger partial charge on any atom is -0.481 e. The Morgan fingerprint density at radius 2 is 1.95 bits per heavy atom. The van der Waals surface area contributed by atoms with Crippen molar-refractivity contribution >= 4 is 27.8 Å². The molecule has 3 unspecified atom stereocenters.